The Morgan fingerprint density at radius 2 is 1.88 bits per heavy atom. The van der Waals surface area contributed by atoms with Crippen LogP contribution in [0.15, 0.2) is 0 Å². The standard InChI is InChI=1S/C24H36O7S/c1-6-19(26)30-18-13-22(4,7-2)21(27)14(3)24-10-8-16(25)20(24)23(18,5)15-9-11-32(28,29)31-17(15)12-24/h14-15,17-18,20H,6-13H2,1-5H3/t14-,15?,17?,18+,20?,22+,23?,24+/m0/s1. The molecule has 2 bridgehead atoms. The highest BCUT2D eigenvalue weighted by atomic mass is 32.2. The van der Waals surface area contributed by atoms with Crippen molar-refractivity contribution in [3.05, 3.63) is 0 Å². The lowest BCUT2D eigenvalue weighted by molar-refractivity contribution is -0.213. The Balaban J connectivity index is 1.96. The first-order valence-corrected chi connectivity index (χ1v) is 13.6. The molecule has 3 aliphatic carbocycles. The van der Waals surface area contributed by atoms with Crippen LogP contribution in [0.25, 0.3) is 0 Å². The lowest BCUT2D eigenvalue weighted by Crippen LogP contribution is -2.67. The maximum absolute atomic E-state index is 13.9. The highest BCUT2D eigenvalue weighted by molar-refractivity contribution is 7.86. The third kappa shape index (κ3) is 3.23. The zero-order valence-corrected chi connectivity index (χ0v) is 20.6. The Hall–Kier alpha value is -1.28. The molecule has 1 aliphatic heterocycles. The summed E-state index contributed by atoms with van der Waals surface area (Å²) in [6.45, 7) is 9.57. The van der Waals surface area contributed by atoms with Crippen LogP contribution in [0.3, 0.4) is 0 Å². The van der Waals surface area contributed by atoms with E-state index >= 15 is 0 Å². The summed E-state index contributed by atoms with van der Waals surface area (Å²) in [5.74, 6) is -1.37. The number of hydrogen-bond acceptors (Lipinski definition) is 7. The lowest BCUT2D eigenvalue weighted by Gasteiger charge is -2.63. The highest BCUT2D eigenvalue weighted by Crippen LogP contribution is 2.69. The molecule has 1 saturated heterocycles. The minimum absolute atomic E-state index is 0.0800. The zero-order valence-electron chi connectivity index (χ0n) is 19.8. The number of ketones is 2. The Bertz CT molecular complexity index is 942. The number of esters is 1. The van der Waals surface area contributed by atoms with Crippen molar-refractivity contribution >= 4 is 27.7 Å². The molecule has 0 aromatic heterocycles. The molecular formula is C24H36O7S. The summed E-state index contributed by atoms with van der Waals surface area (Å²) in [6, 6.07) is 0. The van der Waals surface area contributed by atoms with Gasteiger partial charge in [-0.2, -0.15) is 8.42 Å². The number of carbonyl (C=O) groups excluding carboxylic acids is 3. The molecule has 4 aliphatic rings. The summed E-state index contributed by atoms with van der Waals surface area (Å²) < 4.78 is 36.5. The molecule has 0 aromatic carbocycles. The van der Waals surface area contributed by atoms with E-state index in [9.17, 15) is 22.8 Å². The van der Waals surface area contributed by atoms with Gasteiger partial charge in [-0.25, -0.2) is 0 Å². The summed E-state index contributed by atoms with van der Waals surface area (Å²) in [5, 5.41) is 0. The number of Topliss-reactive ketones (excluding diaryl/α,β-unsaturated/α-hetero) is 2. The molecule has 3 saturated carbocycles. The molecule has 7 nitrogen and oxygen atoms in total. The van der Waals surface area contributed by atoms with Crippen LogP contribution in [0, 0.1) is 34.0 Å². The Labute approximate surface area is 191 Å². The average Bonchev–Trinajstić information content (AvgIpc) is 3.08. The van der Waals surface area contributed by atoms with E-state index in [4.69, 9.17) is 8.92 Å². The minimum Gasteiger partial charge on any atom is -0.462 e. The van der Waals surface area contributed by atoms with Crippen LogP contribution in [0.2, 0.25) is 0 Å². The van der Waals surface area contributed by atoms with Gasteiger partial charge in [0.25, 0.3) is 10.1 Å². The van der Waals surface area contributed by atoms with Crippen LogP contribution in [0.1, 0.15) is 79.6 Å². The summed E-state index contributed by atoms with van der Waals surface area (Å²) >= 11 is 0. The van der Waals surface area contributed by atoms with Gasteiger partial charge in [-0.1, -0.05) is 34.6 Å². The second-order valence-electron chi connectivity index (χ2n) is 11.0. The van der Waals surface area contributed by atoms with Gasteiger partial charge in [0.2, 0.25) is 0 Å². The van der Waals surface area contributed by atoms with Gasteiger partial charge in [0.1, 0.15) is 17.7 Å². The van der Waals surface area contributed by atoms with Crippen molar-refractivity contribution in [3.63, 3.8) is 0 Å². The quantitative estimate of drug-likeness (QED) is 0.461. The van der Waals surface area contributed by atoms with Crippen molar-refractivity contribution in [2.24, 2.45) is 34.0 Å². The predicted molar refractivity (Wildman–Crippen MR) is 117 cm³/mol. The Kier molecular flexibility index (Phi) is 5.68. The first kappa shape index (κ1) is 23.9. The Morgan fingerprint density at radius 1 is 1.19 bits per heavy atom. The number of fused-ring (bicyclic) bond motifs is 2. The molecule has 8 atom stereocenters. The SMILES string of the molecule is CCC(=O)O[C@@H]1C[C@@](C)(CC)C(=O)[C@H](C)[C@]23CCC(=O)C2C1(C)C1CCS(=O)(=O)OC1C3. The van der Waals surface area contributed by atoms with Gasteiger partial charge < -0.3 is 4.74 Å². The molecule has 0 aromatic rings. The number of hydrogen-bond donors (Lipinski definition) is 0. The smallest absolute Gasteiger partial charge is 0.305 e. The van der Waals surface area contributed by atoms with Crippen LogP contribution in [-0.4, -0.2) is 43.9 Å². The minimum atomic E-state index is -3.66. The molecule has 0 N–H and O–H groups in total. The number of carbonyl (C=O) groups is 3. The van der Waals surface area contributed by atoms with Crippen molar-refractivity contribution in [1.29, 1.82) is 0 Å². The molecule has 0 radical (unpaired) electrons. The summed E-state index contributed by atoms with van der Waals surface area (Å²) in [6.07, 6.45) is 1.54. The van der Waals surface area contributed by atoms with E-state index in [2.05, 4.69) is 0 Å². The zero-order chi connectivity index (χ0) is 23.7. The number of ether oxygens (including phenoxy) is 1. The van der Waals surface area contributed by atoms with Gasteiger partial charge >= 0.3 is 5.97 Å². The molecular weight excluding hydrogens is 432 g/mol. The predicted octanol–water partition coefficient (Wildman–Crippen LogP) is 3.44. The monoisotopic (exact) mass is 468 g/mol. The maximum atomic E-state index is 13.9. The topological polar surface area (TPSA) is 104 Å². The van der Waals surface area contributed by atoms with Gasteiger partial charge in [0.15, 0.2) is 0 Å². The summed E-state index contributed by atoms with van der Waals surface area (Å²) in [4.78, 5) is 39.9. The fraction of sp³-hybridized carbons (Fsp3) is 0.875. The maximum Gasteiger partial charge on any atom is 0.305 e. The second kappa shape index (κ2) is 7.62. The van der Waals surface area contributed by atoms with E-state index in [1.54, 1.807) is 6.92 Å². The van der Waals surface area contributed by atoms with Gasteiger partial charge in [0, 0.05) is 35.5 Å². The molecule has 4 rings (SSSR count). The fourth-order valence-electron chi connectivity index (χ4n) is 7.70. The van der Waals surface area contributed by atoms with Gasteiger partial charge in [0.05, 0.1) is 11.9 Å². The van der Waals surface area contributed by atoms with Crippen LogP contribution in [-0.2, 0) is 33.4 Å². The third-order valence-corrected chi connectivity index (χ3v) is 10.9. The Morgan fingerprint density at radius 3 is 2.50 bits per heavy atom. The first-order valence-electron chi connectivity index (χ1n) is 12.0. The molecule has 4 fully saturated rings. The van der Waals surface area contributed by atoms with E-state index in [-0.39, 0.29) is 35.6 Å². The van der Waals surface area contributed by atoms with Crippen LogP contribution in [0.4, 0.5) is 0 Å². The first-order chi connectivity index (χ1) is 14.8. The summed E-state index contributed by atoms with van der Waals surface area (Å²) in [7, 11) is -3.66. The van der Waals surface area contributed by atoms with Gasteiger partial charge in [-0.05, 0) is 43.4 Å². The van der Waals surface area contributed by atoms with E-state index in [1.807, 2.05) is 27.7 Å². The van der Waals surface area contributed by atoms with Crippen molar-refractivity contribution in [2.75, 3.05) is 5.75 Å². The highest BCUT2D eigenvalue weighted by Gasteiger charge is 2.72. The largest absolute Gasteiger partial charge is 0.462 e. The van der Waals surface area contributed by atoms with E-state index in [0.29, 0.717) is 38.5 Å². The van der Waals surface area contributed by atoms with E-state index < -0.39 is 50.4 Å². The fourth-order valence-corrected chi connectivity index (χ4v) is 8.92. The lowest BCUT2D eigenvalue weighted by atomic mass is 9.42. The van der Waals surface area contributed by atoms with Gasteiger partial charge in [-0.15, -0.1) is 0 Å². The summed E-state index contributed by atoms with van der Waals surface area (Å²) in [5.41, 5.74) is -2.15. The van der Waals surface area contributed by atoms with Crippen LogP contribution < -0.4 is 0 Å². The molecule has 180 valence electrons. The van der Waals surface area contributed by atoms with Crippen molar-refractivity contribution < 1.29 is 31.7 Å². The number of rotatable bonds is 3. The third-order valence-electron chi connectivity index (χ3n) is 9.66. The van der Waals surface area contributed by atoms with Crippen LogP contribution in [0.5, 0.6) is 0 Å². The van der Waals surface area contributed by atoms with E-state index in [0.717, 1.165) is 0 Å². The molecule has 8 heteroatoms. The molecule has 32 heavy (non-hydrogen) atoms. The van der Waals surface area contributed by atoms with Crippen molar-refractivity contribution in [3.8, 4) is 0 Å². The second-order valence-corrected chi connectivity index (χ2v) is 12.7. The van der Waals surface area contributed by atoms with Crippen molar-refractivity contribution in [2.45, 2.75) is 91.8 Å². The van der Waals surface area contributed by atoms with Gasteiger partial charge in [-0.3, -0.25) is 18.6 Å². The average molecular weight is 469 g/mol. The molecule has 0 amide bonds. The van der Waals surface area contributed by atoms with Crippen molar-refractivity contribution in [1.82, 2.24) is 0 Å². The van der Waals surface area contributed by atoms with Crippen LogP contribution >= 0.6 is 0 Å². The normalized spacial score (nSPS) is 47.7. The molecule has 4 unspecified atom stereocenters. The molecule has 0 spiro atoms. The van der Waals surface area contributed by atoms with E-state index in [1.165, 1.54) is 0 Å². The molecule has 1 heterocycles.